The van der Waals surface area contributed by atoms with E-state index in [1.165, 1.54) is 10.7 Å². The van der Waals surface area contributed by atoms with Gasteiger partial charge in [0.25, 0.3) is 0 Å². The van der Waals surface area contributed by atoms with Crippen LogP contribution in [-0.4, -0.2) is 27.1 Å². The highest BCUT2D eigenvalue weighted by molar-refractivity contribution is 7.98. The molecule has 0 aliphatic carbocycles. The van der Waals surface area contributed by atoms with E-state index in [2.05, 4.69) is 5.10 Å². The third-order valence-corrected chi connectivity index (χ3v) is 3.65. The van der Waals surface area contributed by atoms with Crippen molar-refractivity contribution in [2.24, 2.45) is 7.05 Å². The summed E-state index contributed by atoms with van der Waals surface area (Å²) in [6.07, 6.45) is 1.95. The molecule has 4 nitrogen and oxygen atoms in total. The van der Waals surface area contributed by atoms with Crippen LogP contribution in [0.2, 0.25) is 5.02 Å². The van der Waals surface area contributed by atoms with Crippen LogP contribution in [0.25, 0.3) is 11.3 Å². The smallest absolute Gasteiger partial charge is 0.356 e. The maximum absolute atomic E-state index is 10.9. The summed E-state index contributed by atoms with van der Waals surface area (Å²) in [7, 11) is 1.70. The first-order chi connectivity index (χ1) is 8.54. The fourth-order valence-electron chi connectivity index (χ4n) is 1.73. The molecule has 0 aliphatic heterocycles. The Morgan fingerprint density at radius 1 is 1.50 bits per heavy atom. The molecule has 0 amide bonds. The van der Waals surface area contributed by atoms with Gasteiger partial charge in [-0.15, -0.1) is 11.8 Å². The average Bonchev–Trinajstić information content (AvgIpc) is 2.71. The van der Waals surface area contributed by atoms with E-state index < -0.39 is 5.97 Å². The second-order valence-corrected chi connectivity index (χ2v) is 4.92. The van der Waals surface area contributed by atoms with E-state index in [9.17, 15) is 4.79 Å². The molecule has 0 fully saturated rings. The highest BCUT2D eigenvalue weighted by Crippen LogP contribution is 2.36. The number of aryl methyl sites for hydroxylation is 1. The molecule has 2 rings (SSSR count). The summed E-state index contributed by atoms with van der Waals surface area (Å²) in [6.45, 7) is 0. The van der Waals surface area contributed by atoms with Gasteiger partial charge in [-0.25, -0.2) is 4.79 Å². The molecule has 0 bridgehead atoms. The minimum absolute atomic E-state index is 0.0134. The molecule has 0 saturated heterocycles. The number of carboxylic acids is 1. The fraction of sp³-hybridized carbons (Fsp3) is 0.167. The van der Waals surface area contributed by atoms with Gasteiger partial charge < -0.3 is 5.11 Å². The lowest BCUT2D eigenvalue weighted by molar-refractivity contribution is 0.0689. The number of benzene rings is 1. The van der Waals surface area contributed by atoms with Gasteiger partial charge in [0, 0.05) is 17.5 Å². The predicted molar refractivity (Wildman–Crippen MR) is 72.4 cm³/mol. The number of nitrogens with zero attached hydrogens (tertiary/aromatic N) is 2. The summed E-state index contributed by atoms with van der Waals surface area (Å²) in [5, 5.41) is 13.5. The highest BCUT2D eigenvalue weighted by atomic mass is 35.5. The second kappa shape index (κ2) is 5.04. The van der Waals surface area contributed by atoms with Crippen molar-refractivity contribution >= 4 is 29.3 Å². The molecule has 94 valence electrons. The van der Waals surface area contributed by atoms with Crippen molar-refractivity contribution in [1.29, 1.82) is 0 Å². The van der Waals surface area contributed by atoms with Gasteiger partial charge in [-0.05, 0) is 24.5 Å². The zero-order valence-electron chi connectivity index (χ0n) is 9.85. The number of carbonyl (C=O) groups is 1. The van der Waals surface area contributed by atoms with Crippen LogP contribution in [0.4, 0.5) is 0 Å². The van der Waals surface area contributed by atoms with Crippen LogP contribution < -0.4 is 0 Å². The number of aromatic nitrogens is 2. The molecule has 0 unspecified atom stereocenters. The summed E-state index contributed by atoms with van der Waals surface area (Å²) in [4.78, 5) is 11.9. The number of hydrogen-bond donors (Lipinski definition) is 1. The Morgan fingerprint density at radius 3 is 2.78 bits per heavy atom. The van der Waals surface area contributed by atoms with Gasteiger partial charge in [-0.3, -0.25) is 4.68 Å². The maximum Gasteiger partial charge on any atom is 0.356 e. The molecule has 1 aromatic heterocycles. The van der Waals surface area contributed by atoms with E-state index >= 15 is 0 Å². The van der Waals surface area contributed by atoms with Crippen molar-refractivity contribution in [3.05, 3.63) is 35.0 Å². The summed E-state index contributed by atoms with van der Waals surface area (Å²) in [5.41, 5.74) is 1.52. The van der Waals surface area contributed by atoms with Gasteiger partial charge in [-0.1, -0.05) is 17.7 Å². The van der Waals surface area contributed by atoms with E-state index in [0.717, 1.165) is 10.5 Å². The third kappa shape index (κ3) is 2.23. The Kier molecular flexibility index (Phi) is 3.63. The van der Waals surface area contributed by atoms with Crippen LogP contribution in [0.3, 0.4) is 0 Å². The lowest BCUT2D eigenvalue weighted by atomic mass is 10.1. The summed E-state index contributed by atoms with van der Waals surface area (Å²) < 4.78 is 1.53. The van der Waals surface area contributed by atoms with E-state index in [1.807, 2.05) is 18.4 Å². The Balaban J connectivity index is 2.65. The van der Waals surface area contributed by atoms with Gasteiger partial charge in [0.15, 0.2) is 5.69 Å². The van der Waals surface area contributed by atoms with Gasteiger partial charge in [0.1, 0.15) is 0 Å². The van der Waals surface area contributed by atoms with Crippen molar-refractivity contribution in [3.63, 3.8) is 0 Å². The van der Waals surface area contributed by atoms with Crippen molar-refractivity contribution in [1.82, 2.24) is 9.78 Å². The molecule has 6 heteroatoms. The number of halogens is 1. The molecule has 1 aromatic carbocycles. The SMILES string of the molecule is CSc1cccc(Cl)c1-c1cc(C(=O)O)nn1C. The lowest BCUT2D eigenvalue weighted by Crippen LogP contribution is -1.99. The Labute approximate surface area is 114 Å². The maximum atomic E-state index is 10.9. The number of rotatable bonds is 3. The van der Waals surface area contributed by atoms with E-state index in [1.54, 1.807) is 24.9 Å². The van der Waals surface area contributed by atoms with Crippen molar-refractivity contribution in [3.8, 4) is 11.3 Å². The Morgan fingerprint density at radius 2 is 2.22 bits per heavy atom. The Hall–Kier alpha value is -1.46. The summed E-state index contributed by atoms with van der Waals surface area (Å²) >= 11 is 7.76. The predicted octanol–water partition coefficient (Wildman–Crippen LogP) is 3.16. The molecule has 1 heterocycles. The monoisotopic (exact) mass is 282 g/mol. The molecule has 0 spiro atoms. The van der Waals surface area contributed by atoms with Crippen LogP contribution in [0.5, 0.6) is 0 Å². The average molecular weight is 283 g/mol. The first-order valence-corrected chi connectivity index (χ1v) is 6.75. The van der Waals surface area contributed by atoms with Crippen LogP contribution in [0.15, 0.2) is 29.2 Å². The van der Waals surface area contributed by atoms with Gasteiger partial charge in [0.05, 0.1) is 10.7 Å². The van der Waals surface area contributed by atoms with E-state index in [-0.39, 0.29) is 5.69 Å². The Bertz CT molecular complexity index is 610. The lowest BCUT2D eigenvalue weighted by Gasteiger charge is -2.09. The molecular formula is C12H11ClN2O2S. The first-order valence-electron chi connectivity index (χ1n) is 5.14. The van der Waals surface area contributed by atoms with Gasteiger partial charge in [0.2, 0.25) is 0 Å². The van der Waals surface area contributed by atoms with Crippen molar-refractivity contribution in [2.45, 2.75) is 4.90 Å². The largest absolute Gasteiger partial charge is 0.476 e. The molecule has 0 atom stereocenters. The number of aromatic carboxylic acids is 1. The van der Waals surface area contributed by atoms with E-state index in [0.29, 0.717) is 10.7 Å². The second-order valence-electron chi connectivity index (χ2n) is 3.66. The molecule has 18 heavy (non-hydrogen) atoms. The normalized spacial score (nSPS) is 10.6. The number of carboxylic acid groups (broad SMARTS) is 1. The minimum atomic E-state index is -1.05. The van der Waals surface area contributed by atoms with Crippen LogP contribution in [-0.2, 0) is 7.05 Å². The summed E-state index contributed by atoms with van der Waals surface area (Å²) in [5.74, 6) is -1.05. The topological polar surface area (TPSA) is 55.1 Å². The van der Waals surface area contributed by atoms with Crippen molar-refractivity contribution < 1.29 is 9.90 Å². The van der Waals surface area contributed by atoms with Crippen molar-refractivity contribution in [2.75, 3.05) is 6.26 Å². The zero-order valence-corrected chi connectivity index (χ0v) is 11.4. The fourth-order valence-corrected chi connectivity index (χ4v) is 2.69. The third-order valence-electron chi connectivity index (χ3n) is 2.55. The zero-order chi connectivity index (χ0) is 13.3. The van der Waals surface area contributed by atoms with E-state index in [4.69, 9.17) is 16.7 Å². The number of thioether (sulfide) groups is 1. The van der Waals surface area contributed by atoms with Gasteiger partial charge in [-0.2, -0.15) is 5.10 Å². The standard InChI is InChI=1S/C12H11ClN2O2S/c1-15-9(6-8(14-15)12(16)17)11-7(13)4-3-5-10(11)18-2/h3-6H,1-2H3,(H,16,17). The van der Waals surface area contributed by atoms with Crippen LogP contribution >= 0.6 is 23.4 Å². The van der Waals surface area contributed by atoms with Crippen LogP contribution in [0, 0.1) is 0 Å². The minimum Gasteiger partial charge on any atom is -0.476 e. The molecule has 0 aliphatic rings. The first kappa shape index (κ1) is 13.0. The quantitative estimate of drug-likeness (QED) is 0.879. The molecule has 0 saturated carbocycles. The van der Waals surface area contributed by atoms with Gasteiger partial charge >= 0.3 is 5.97 Å². The molecular weight excluding hydrogens is 272 g/mol. The molecule has 2 aromatic rings. The molecule has 0 radical (unpaired) electrons. The number of hydrogen-bond acceptors (Lipinski definition) is 3. The molecule has 1 N–H and O–H groups in total. The highest BCUT2D eigenvalue weighted by Gasteiger charge is 2.17. The van der Waals surface area contributed by atoms with Crippen LogP contribution in [0.1, 0.15) is 10.5 Å². The summed E-state index contributed by atoms with van der Waals surface area (Å²) in [6, 6.07) is 7.12.